The number of rotatable bonds is 0. The molecule has 3 aromatic rings. The van der Waals surface area contributed by atoms with Crippen LogP contribution in [0.3, 0.4) is 0 Å². The van der Waals surface area contributed by atoms with Crippen LogP contribution < -0.4 is 15.2 Å². The summed E-state index contributed by atoms with van der Waals surface area (Å²) in [4.78, 5) is 0. The van der Waals surface area contributed by atoms with Gasteiger partial charge in [-0.25, -0.2) is 0 Å². The Labute approximate surface area is 122 Å². The fraction of sp³-hybridized carbons (Fsp3) is 0.0556. The molecule has 2 aromatic carbocycles. The van der Waals surface area contributed by atoms with Crippen LogP contribution in [0.1, 0.15) is 6.29 Å². The Hall–Kier alpha value is -2.81. The zero-order chi connectivity index (χ0) is 13.8. The molecule has 0 saturated heterocycles. The number of hydrogen-bond acceptors (Lipinski definition) is 2. The third-order valence-electron chi connectivity index (χ3n) is 4.28. The van der Waals surface area contributed by atoms with Crippen molar-refractivity contribution in [3.8, 4) is 22.5 Å². The van der Waals surface area contributed by atoms with E-state index in [1.807, 2.05) is 0 Å². The molecule has 0 amide bonds. The van der Waals surface area contributed by atoms with E-state index in [0.717, 1.165) is 0 Å². The molecule has 100 valence electrons. The molecule has 2 aliphatic heterocycles. The van der Waals surface area contributed by atoms with E-state index >= 15 is 0 Å². The molecular formula is C18H14N3+. The normalized spacial score (nSPS) is 14.3. The first-order valence-electron chi connectivity index (χ1n) is 7.18. The number of pyridine rings is 1. The van der Waals surface area contributed by atoms with E-state index < -0.39 is 0 Å². The Morgan fingerprint density at radius 1 is 0.619 bits per heavy atom. The summed E-state index contributed by atoms with van der Waals surface area (Å²) < 4.78 is 2.34. The molecule has 0 spiro atoms. The van der Waals surface area contributed by atoms with Crippen molar-refractivity contribution in [3.63, 3.8) is 0 Å². The van der Waals surface area contributed by atoms with Crippen molar-refractivity contribution in [2.75, 3.05) is 10.6 Å². The fourth-order valence-electron chi connectivity index (χ4n) is 3.36. The summed E-state index contributed by atoms with van der Waals surface area (Å²) in [6.07, 6.45) is 0.0565. The minimum absolute atomic E-state index is 0.0565. The lowest BCUT2D eigenvalue weighted by atomic mass is 10.0. The van der Waals surface area contributed by atoms with Gasteiger partial charge < -0.3 is 10.6 Å². The molecule has 3 heteroatoms. The Kier molecular flexibility index (Phi) is 2.00. The van der Waals surface area contributed by atoms with Gasteiger partial charge in [-0.3, -0.25) is 0 Å². The van der Waals surface area contributed by atoms with E-state index in [0.29, 0.717) is 0 Å². The Bertz CT molecular complexity index is 802. The quantitative estimate of drug-likeness (QED) is 0.612. The summed E-state index contributed by atoms with van der Waals surface area (Å²) in [5.41, 5.74) is 7.33. The molecule has 0 bridgehead atoms. The third kappa shape index (κ3) is 1.40. The van der Waals surface area contributed by atoms with Crippen LogP contribution in [0.2, 0.25) is 0 Å². The van der Waals surface area contributed by atoms with Gasteiger partial charge in [0.15, 0.2) is 0 Å². The van der Waals surface area contributed by atoms with Crippen LogP contribution in [0.4, 0.5) is 11.4 Å². The van der Waals surface area contributed by atoms with Crippen LogP contribution in [0.25, 0.3) is 22.5 Å². The van der Waals surface area contributed by atoms with Crippen LogP contribution in [-0.4, -0.2) is 0 Å². The van der Waals surface area contributed by atoms with Crippen LogP contribution in [0, 0.1) is 0 Å². The van der Waals surface area contributed by atoms with Crippen molar-refractivity contribution in [1.29, 1.82) is 0 Å². The van der Waals surface area contributed by atoms with Crippen LogP contribution in [-0.2, 0) is 0 Å². The summed E-state index contributed by atoms with van der Waals surface area (Å²) in [7, 11) is 0. The van der Waals surface area contributed by atoms with Gasteiger partial charge in [-0.15, -0.1) is 4.57 Å². The molecule has 1 aromatic heterocycles. The average Bonchev–Trinajstić information content (AvgIpc) is 2.55. The first-order chi connectivity index (χ1) is 10.4. The van der Waals surface area contributed by atoms with Gasteiger partial charge >= 0.3 is 6.29 Å². The number of nitrogens with one attached hydrogen (secondary N) is 2. The molecular weight excluding hydrogens is 258 g/mol. The molecule has 0 fully saturated rings. The number of hydrogen-bond donors (Lipinski definition) is 2. The molecule has 3 nitrogen and oxygen atoms in total. The lowest BCUT2D eigenvalue weighted by molar-refractivity contribution is -0.692. The maximum Gasteiger partial charge on any atom is 0.312 e. The maximum absolute atomic E-state index is 3.59. The number of nitrogens with zero attached hydrogens (tertiary/aromatic N) is 1. The SMILES string of the molecule is c1ccc2c(c1)NC1Nc3ccccc3-c3cccc-2[n+]31. The smallest absolute Gasteiger partial charge is 0.309 e. The minimum Gasteiger partial charge on any atom is -0.309 e. The summed E-state index contributed by atoms with van der Waals surface area (Å²) in [6, 6.07) is 23.4. The van der Waals surface area contributed by atoms with Crippen molar-refractivity contribution in [2.45, 2.75) is 6.29 Å². The molecule has 5 rings (SSSR count). The predicted octanol–water partition coefficient (Wildman–Crippen LogP) is 3.62. The maximum atomic E-state index is 3.59. The average molecular weight is 272 g/mol. The lowest BCUT2D eigenvalue weighted by Gasteiger charge is -2.30. The second-order valence-corrected chi connectivity index (χ2v) is 5.45. The van der Waals surface area contributed by atoms with E-state index in [4.69, 9.17) is 0 Å². The van der Waals surface area contributed by atoms with E-state index in [-0.39, 0.29) is 6.29 Å². The van der Waals surface area contributed by atoms with E-state index in [9.17, 15) is 0 Å². The van der Waals surface area contributed by atoms with Gasteiger partial charge in [-0.1, -0.05) is 24.3 Å². The monoisotopic (exact) mass is 272 g/mol. The van der Waals surface area contributed by atoms with Crippen LogP contribution in [0.5, 0.6) is 0 Å². The molecule has 0 radical (unpaired) electrons. The van der Waals surface area contributed by atoms with Crippen LogP contribution in [0.15, 0.2) is 66.7 Å². The standard InChI is InChI=1S/C18H13N3/c1-3-8-14-12(6-1)16-10-5-11-17-13-7-2-4-9-15(13)20-18(19-14)21(16)17/h1-11,18H,(H,19,20)/p+1. The summed E-state index contributed by atoms with van der Waals surface area (Å²) in [5.74, 6) is 0. The number of anilines is 2. The van der Waals surface area contributed by atoms with Gasteiger partial charge in [-0.2, -0.15) is 0 Å². The second kappa shape index (κ2) is 3.85. The largest absolute Gasteiger partial charge is 0.312 e. The molecule has 0 unspecified atom stereocenters. The number of fused-ring (bicyclic) bond motifs is 4. The number of aromatic nitrogens is 1. The lowest BCUT2D eigenvalue weighted by Crippen LogP contribution is -2.55. The van der Waals surface area contributed by atoms with Gasteiger partial charge in [-0.05, 0) is 30.3 Å². The predicted molar refractivity (Wildman–Crippen MR) is 83.8 cm³/mol. The zero-order valence-electron chi connectivity index (χ0n) is 11.4. The van der Waals surface area contributed by atoms with Gasteiger partial charge in [0.2, 0.25) is 11.4 Å². The van der Waals surface area contributed by atoms with Crippen LogP contribution >= 0.6 is 0 Å². The van der Waals surface area contributed by atoms with E-state index in [1.165, 1.54) is 33.9 Å². The van der Waals surface area contributed by atoms with E-state index in [2.05, 4.69) is 81.9 Å². The molecule has 2 aliphatic rings. The van der Waals surface area contributed by atoms with Gasteiger partial charge in [0.05, 0.1) is 22.5 Å². The highest BCUT2D eigenvalue weighted by atomic mass is 15.3. The second-order valence-electron chi connectivity index (χ2n) is 5.45. The summed E-state index contributed by atoms with van der Waals surface area (Å²) in [5, 5.41) is 7.18. The topological polar surface area (TPSA) is 27.9 Å². The number of para-hydroxylation sites is 2. The highest BCUT2D eigenvalue weighted by molar-refractivity contribution is 5.80. The Morgan fingerprint density at radius 3 is 1.71 bits per heavy atom. The van der Waals surface area contributed by atoms with Gasteiger partial charge in [0, 0.05) is 12.1 Å². The molecule has 2 N–H and O–H groups in total. The molecule has 0 saturated carbocycles. The van der Waals surface area contributed by atoms with Crippen molar-refractivity contribution in [3.05, 3.63) is 66.7 Å². The van der Waals surface area contributed by atoms with Gasteiger partial charge in [0.25, 0.3) is 0 Å². The first-order valence-corrected chi connectivity index (χ1v) is 7.18. The van der Waals surface area contributed by atoms with Crippen molar-refractivity contribution in [2.24, 2.45) is 0 Å². The van der Waals surface area contributed by atoms with Crippen molar-refractivity contribution >= 4 is 11.4 Å². The molecule has 0 aliphatic carbocycles. The third-order valence-corrected chi connectivity index (χ3v) is 4.28. The summed E-state index contributed by atoms with van der Waals surface area (Å²) >= 11 is 0. The van der Waals surface area contributed by atoms with E-state index in [1.54, 1.807) is 0 Å². The number of benzene rings is 2. The van der Waals surface area contributed by atoms with Gasteiger partial charge in [0.1, 0.15) is 0 Å². The molecule has 21 heavy (non-hydrogen) atoms. The highest BCUT2D eigenvalue weighted by Crippen LogP contribution is 2.38. The van der Waals surface area contributed by atoms with Crippen molar-refractivity contribution < 1.29 is 4.57 Å². The summed E-state index contributed by atoms with van der Waals surface area (Å²) in [6.45, 7) is 0. The minimum atomic E-state index is 0.0565. The highest BCUT2D eigenvalue weighted by Gasteiger charge is 2.37. The zero-order valence-corrected chi connectivity index (χ0v) is 11.4. The Morgan fingerprint density at radius 2 is 1.14 bits per heavy atom. The molecule has 0 atom stereocenters. The molecule has 3 heterocycles. The van der Waals surface area contributed by atoms with Crippen molar-refractivity contribution in [1.82, 2.24) is 0 Å². The Balaban J connectivity index is 1.86. The fourth-order valence-corrected chi connectivity index (χ4v) is 3.36. The first kappa shape index (κ1) is 10.9.